The van der Waals surface area contributed by atoms with E-state index in [2.05, 4.69) is 6.92 Å². The van der Waals surface area contributed by atoms with Gasteiger partial charge in [-0.1, -0.05) is 31.5 Å². The molecule has 0 heterocycles. The van der Waals surface area contributed by atoms with Crippen LogP contribution in [0.4, 0.5) is 0 Å². The minimum atomic E-state index is -1.96. The lowest BCUT2D eigenvalue weighted by Gasteiger charge is -2.09. The van der Waals surface area contributed by atoms with Crippen LogP contribution in [0.5, 0.6) is 0 Å². The van der Waals surface area contributed by atoms with Crippen molar-refractivity contribution >= 4 is 28.9 Å². The van der Waals surface area contributed by atoms with Crippen molar-refractivity contribution in [3.63, 3.8) is 0 Å². The summed E-state index contributed by atoms with van der Waals surface area (Å²) in [5.74, 6) is 0. The Bertz CT molecular complexity index is 110. The van der Waals surface area contributed by atoms with E-state index in [1.807, 2.05) is 18.7 Å². The number of allylic oxidation sites excluding steroid dienone is 1. The van der Waals surface area contributed by atoms with Crippen molar-refractivity contribution in [2.75, 3.05) is 0 Å². The van der Waals surface area contributed by atoms with Crippen LogP contribution in [0.1, 0.15) is 26.7 Å². The Morgan fingerprint density at radius 2 is 2.00 bits per heavy atom. The standard InChI is InChI=1S/C7H14Cl2Si/c1-3-5-7-10(8,9)6-4-2/h4,6H,3,5,7H2,1-2H3. The second kappa shape index (κ2) is 5.22. The van der Waals surface area contributed by atoms with Crippen LogP contribution in [0.3, 0.4) is 0 Å². The molecule has 0 rings (SSSR count). The summed E-state index contributed by atoms with van der Waals surface area (Å²) >= 11 is 12.1. The van der Waals surface area contributed by atoms with Gasteiger partial charge in [-0.15, -0.1) is 22.2 Å². The first kappa shape index (κ1) is 10.5. The van der Waals surface area contributed by atoms with Crippen LogP contribution in [0.2, 0.25) is 6.04 Å². The maximum absolute atomic E-state index is 6.03. The molecule has 0 radical (unpaired) electrons. The van der Waals surface area contributed by atoms with E-state index in [1.54, 1.807) is 0 Å². The maximum atomic E-state index is 6.03. The molecule has 0 spiro atoms. The van der Waals surface area contributed by atoms with E-state index < -0.39 is 6.69 Å². The number of hydrogen-bond acceptors (Lipinski definition) is 0. The summed E-state index contributed by atoms with van der Waals surface area (Å²) in [7, 11) is 0. The molecule has 0 saturated carbocycles. The van der Waals surface area contributed by atoms with Gasteiger partial charge < -0.3 is 0 Å². The van der Waals surface area contributed by atoms with Gasteiger partial charge >= 0.3 is 0 Å². The Hall–Kier alpha value is 0.537. The van der Waals surface area contributed by atoms with Crippen LogP contribution in [-0.2, 0) is 0 Å². The highest BCUT2D eigenvalue weighted by atomic mass is 35.7. The van der Waals surface area contributed by atoms with E-state index >= 15 is 0 Å². The molecule has 0 bridgehead atoms. The van der Waals surface area contributed by atoms with Crippen molar-refractivity contribution < 1.29 is 0 Å². The second-order valence-electron chi connectivity index (χ2n) is 2.36. The first-order valence-electron chi connectivity index (χ1n) is 3.64. The molecular formula is C7H14Cl2Si. The summed E-state index contributed by atoms with van der Waals surface area (Å²) in [5, 5.41) is 0. The van der Waals surface area contributed by atoms with Gasteiger partial charge in [-0.25, -0.2) is 0 Å². The smallest absolute Gasteiger partial charge is 0.140 e. The lowest BCUT2D eigenvalue weighted by atomic mass is 10.4. The molecule has 0 unspecified atom stereocenters. The fourth-order valence-corrected chi connectivity index (χ4v) is 3.78. The van der Waals surface area contributed by atoms with Gasteiger partial charge in [0, 0.05) is 0 Å². The van der Waals surface area contributed by atoms with Gasteiger partial charge in [-0.2, -0.15) is 0 Å². The van der Waals surface area contributed by atoms with Crippen molar-refractivity contribution in [3.05, 3.63) is 11.8 Å². The number of rotatable bonds is 4. The van der Waals surface area contributed by atoms with Crippen LogP contribution in [-0.4, -0.2) is 6.69 Å². The Morgan fingerprint density at radius 1 is 1.40 bits per heavy atom. The fourth-order valence-electron chi connectivity index (χ4n) is 0.740. The Balaban J connectivity index is 3.63. The van der Waals surface area contributed by atoms with Gasteiger partial charge in [-0.05, 0) is 13.0 Å². The van der Waals surface area contributed by atoms with Crippen molar-refractivity contribution in [3.8, 4) is 0 Å². The minimum Gasteiger partial charge on any atom is -0.140 e. The molecule has 0 aromatic carbocycles. The molecule has 0 aliphatic carbocycles. The summed E-state index contributed by atoms with van der Waals surface area (Å²) in [6.07, 6.45) is 4.26. The van der Waals surface area contributed by atoms with Crippen LogP contribution < -0.4 is 0 Å². The zero-order valence-electron chi connectivity index (χ0n) is 6.53. The lowest BCUT2D eigenvalue weighted by molar-refractivity contribution is 0.878. The van der Waals surface area contributed by atoms with Crippen molar-refractivity contribution in [2.24, 2.45) is 0 Å². The summed E-state index contributed by atoms with van der Waals surface area (Å²) in [6.45, 7) is 2.14. The molecule has 60 valence electrons. The zero-order valence-corrected chi connectivity index (χ0v) is 9.04. The molecule has 0 nitrogen and oxygen atoms in total. The fraction of sp³-hybridized carbons (Fsp3) is 0.714. The third kappa shape index (κ3) is 5.33. The molecule has 0 N–H and O–H groups in total. The summed E-state index contributed by atoms with van der Waals surface area (Å²) < 4.78 is 0. The topological polar surface area (TPSA) is 0 Å². The van der Waals surface area contributed by atoms with Gasteiger partial charge in [0.2, 0.25) is 0 Å². The van der Waals surface area contributed by atoms with Crippen LogP contribution >= 0.6 is 22.2 Å². The third-order valence-corrected chi connectivity index (χ3v) is 5.01. The molecule has 10 heavy (non-hydrogen) atoms. The highest BCUT2D eigenvalue weighted by Gasteiger charge is 2.22. The van der Waals surface area contributed by atoms with E-state index in [0.29, 0.717) is 0 Å². The van der Waals surface area contributed by atoms with E-state index in [9.17, 15) is 0 Å². The van der Waals surface area contributed by atoms with Crippen LogP contribution in [0.25, 0.3) is 0 Å². The number of unbranched alkanes of at least 4 members (excludes halogenated alkanes) is 1. The number of hydrogen-bond donors (Lipinski definition) is 0. The highest BCUT2D eigenvalue weighted by Crippen LogP contribution is 2.24. The molecule has 0 amide bonds. The van der Waals surface area contributed by atoms with Gasteiger partial charge in [0.15, 0.2) is 0 Å². The van der Waals surface area contributed by atoms with E-state index in [1.165, 1.54) is 6.42 Å². The first-order chi connectivity index (χ1) is 4.62. The number of halogens is 2. The first-order valence-corrected chi connectivity index (χ1v) is 7.95. The average Bonchev–Trinajstić information content (AvgIpc) is 1.84. The van der Waals surface area contributed by atoms with Gasteiger partial charge in [-0.3, -0.25) is 0 Å². The summed E-state index contributed by atoms with van der Waals surface area (Å²) in [6, 6.07) is 0.983. The monoisotopic (exact) mass is 196 g/mol. The predicted molar refractivity (Wildman–Crippen MR) is 52.0 cm³/mol. The maximum Gasteiger partial charge on any atom is 0.273 e. The lowest BCUT2D eigenvalue weighted by Crippen LogP contribution is -2.14. The average molecular weight is 197 g/mol. The zero-order chi connectivity index (χ0) is 8.04. The predicted octanol–water partition coefficient (Wildman–Crippen LogP) is 3.82. The van der Waals surface area contributed by atoms with Gasteiger partial charge in [0.05, 0.1) is 0 Å². The van der Waals surface area contributed by atoms with Gasteiger partial charge in [0.1, 0.15) is 0 Å². The molecule has 0 aliphatic rings. The Labute approximate surface area is 73.6 Å². The second-order valence-corrected chi connectivity index (χ2v) is 9.35. The largest absolute Gasteiger partial charge is 0.273 e. The molecular weight excluding hydrogens is 183 g/mol. The third-order valence-electron chi connectivity index (χ3n) is 1.27. The SMILES string of the molecule is CC=C[Si](Cl)(Cl)CCCC. The van der Waals surface area contributed by atoms with Crippen LogP contribution in [0, 0.1) is 0 Å². The van der Waals surface area contributed by atoms with E-state index in [4.69, 9.17) is 22.2 Å². The quantitative estimate of drug-likeness (QED) is 0.474. The Kier molecular flexibility index (Phi) is 5.50. The van der Waals surface area contributed by atoms with Crippen molar-refractivity contribution in [2.45, 2.75) is 32.7 Å². The van der Waals surface area contributed by atoms with Crippen molar-refractivity contribution in [1.29, 1.82) is 0 Å². The molecule has 3 heteroatoms. The molecule has 0 aromatic heterocycles. The molecule has 0 saturated heterocycles. The normalized spacial score (nSPS) is 12.8. The van der Waals surface area contributed by atoms with Crippen LogP contribution in [0.15, 0.2) is 11.8 Å². The molecule has 0 atom stereocenters. The van der Waals surface area contributed by atoms with E-state index in [-0.39, 0.29) is 0 Å². The van der Waals surface area contributed by atoms with E-state index in [0.717, 1.165) is 12.5 Å². The Morgan fingerprint density at radius 3 is 2.40 bits per heavy atom. The summed E-state index contributed by atoms with van der Waals surface area (Å²) in [5.41, 5.74) is 1.96. The van der Waals surface area contributed by atoms with Crippen molar-refractivity contribution in [1.82, 2.24) is 0 Å². The highest BCUT2D eigenvalue weighted by molar-refractivity contribution is 7.47. The molecule has 0 fully saturated rings. The van der Waals surface area contributed by atoms with Gasteiger partial charge in [0.25, 0.3) is 6.69 Å². The minimum absolute atomic E-state index is 0.983. The summed E-state index contributed by atoms with van der Waals surface area (Å²) in [4.78, 5) is 0. The molecule has 0 aliphatic heterocycles. The molecule has 0 aromatic rings.